The maximum Gasteiger partial charge on any atom is 0.190 e. The Balaban J connectivity index is 1.58. The van der Waals surface area contributed by atoms with E-state index in [1.54, 1.807) is 0 Å². The summed E-state index contributed by atoms with van der Waals surface area (Å²) in [6, 6.07) is 0. The van der Waals surface area contributed by atoms with Gasteiger partial charge in [0.05, 0.1) is 26.4 Å². The molecule has 94 valence electrons. The highest BCUT2D eigenvalue weighted by atomic mass is 16.8. The van der Waals surface area contributed by atoms with E-state index in [0.717, 1.165) is 12.8 Å². The van der Waals surface area contributed by atoms with Gasteiger partial charge in [-0.05, 0) is 25.0 Å². The molecule has 5 heteroatoms. The molecule has 0 spiro atoms. The molecule has 3 saturated heterocycles. The second-order valence-electron chi connectivity index (χ2n) is 4.99. The first-order chi connectivity index (χ1) is 8.33. The number of rotatable bonds is 2. The van der Waals surface area contributed by atoms with E-state index >= 15 is 0 Å². The fourth-order valence-electron chi connectivity index (χ4n) is 3.13. The summed E-state index contributed by atoms with van der Waals surface area (Å²) >= 11 is 0. The normalized spacial score (nSPS) is 46.4. The fraction of sp³-hybridized carbons (Fsp3) is 0.833. The van der Waals surface area contributed by atoms with Crippen molar-refractivity contribution in [2.24, 2.45) is 0 Å². The summed E-state index contributed by atoms with van der Waals surface area (Å²) in [5.74, 6) is 0. The zero-order chi connectivity index (χ0) is 11.3. The van der Waals surface area contributed by atoms with Gasteiger partial charge in [-0.1, -0.05) is 0 Å². The van der Waals surface area contributed by atoms with Crippen molar-refractivity contribution in [3.05, 3.63) is 12.2 Å². The van der Waals surface area contributed by atoms with Gasteiger partial charge < -0.3 is 23.7 Å². The Morgan fingerprint density at radius 1 is 0.706 bits per heavy atom. The number of hydrogen-bond acceptors (Lipinski definition) is 5. The quantitative estimate of drug-likeness (QED) is 0.661. The van der Waals surface area contributed by atoms with Gasteiger partial charge in [-0.25, -0.2) is 0 Å². The Morgan fingerprint density at radius 2 is 1.12 bits per heavy atom. The first-order valence-electron chi connectivity index (χ1n) is 6.20. The predicted octanol–water partition coefficient (Wildman–Crippen LogP) is 0.590. The molecule has 4 aliphatic heterocycles. The van der Waals surface area contributed by atoms with E-state index in [4.69, 9.17) is 23.7 Å². The molecule has 0 amide bonds. The zero-order valence-electron chi connectivity index (χ0n) is 9.59. The molecule has 2 atom stereocenters. The summed E-state index contributed by atoms with van der Waals surface area (Å²) in [5, 5.41) is 0. The van der Waals surface area contributed by atoms with Crippen molar-refractivity contribution in [2.75, 3.05) is 26.4 Å². The molecule has 0 aromatic heterocycles. The van der Waals surface area contributed by atoms with Gasteiger partial charge in [0.1, 0.15) is 11.2 Å². The van der Waals surface area contributed by atoms with Gasteiger partial charge in [0.2, 0.25) is 0 Å². The van der Waals surface area contributed by atoms with E-state index in [9.17, 15) is 0 Å². The molecule has 4 aliphatic rings. The molecule has 4 heterocycles. The van der Waals surface area contributed by atoms with E-state index in [2.05, 4.69) is 12.2 Å². The average Bonchev–Trinajstić information content (AvgIpc) is 3.13. The standard InChI is InChI=1S/C12H16O5/c1-2-12(10-15-7-8-16-10)4-3-11(1,17-12)9-13-5-6-14-9/h1-2,9-10H,3-8H2. The monoisotopic (exact) mass is 240 g/mol. The largest absolute Gasteiger partial charge is 0.350 e. The van der Waals surface area contributed by atoms with E-state index in [0.29, 0.717) is 26.4 Å². The Kier molecular flexibility index (Phi) is 2.17. The molecule has 0 aromatic carbocycles. The maximum absolute atomic E-state index is 6.20. The molecule has 0 radical (unpaired) electrons. The topological polar surface area (TPSA) is 46.2 Å². The molecule has 0 N–H and O–H groups in total. The summed E-state index contributed by atoms with van der Waals surface area (Å²) in [6.45, 7) is 2.58. The summed E-state index contributed by atoms with van der Waals surface area (Å²) < 4.78 is 28.5. The molecule has 0 aromatic rings. The molecule has 2 bridgehead atoms. The third-order valence-electron chi connectivity index (χ3n) is 3.98. The maximum atomic E-state index is 6.20. The average molecular weight is 240 g/mol. The van der Waals surface area contributed by atoms with Crippen molar-refractivity contribution in [1.82, 2.24) is 0 Å². The number of fused-ring (bicyclic) bond motifs is 2. The third kappa shape index (κ3) is 1.37. The lowest BCUT2D eigenvalue weighted by atomic mass is 9.88. The van der Waals surface area contributed by atoms with Crippen molar-refractivity contribution in [2.45, 2.75) is 36.6 Å². The van der Waals surface area contributed by atoms with Crippen LogP contribution < -0.4 is 0 Å². The Bertz CT molecular complexity index is 313. The molecule has 4 rings (SSSR count). The van der Waals surface area contributed by atoms with Crippen LogP contribution in [-0.4, -0.2) is 50.2 Å². The van der Waals surface area contributed by atoms with Crippen LogP contribution in [0.5, 0.6) is 0 Å². The summed E-state index contributed by atoms with van der Waals surface area (Å²) in [4.78, 5) is 0. The van der Waals surface area contributed by atoms with Gasteiger partial charge in [-0.3, -0.25) is 0 Å². The van der Waals surface area contributed by atoms with Crippen LogP contribution in [0.3, 0.4) is 0 Å². The lowest BCUT2D eigenvalue weighted by Crippen LogP contribution is -2.43. The number of ether oxygens (including phenoxy) is 5. The van der Waals surface area contributed by atoms with Crippen LogP contribution in [0.4, 0.5) is 0 Å². The highest BCUT2D eigenvalue weighted by molar-refractivity contribution is 5.26. The van der Waals surface area contributed by atoms with Crippen LogP contribution in [0.15, 0.2) is 12.2 Å². The minimum absolute atomic E-state index is 0.274. The molecule has 17 heavy (non-hydrogen) atoms. The minimum Gasteiger partial charge on any atom is -0.350 e. The van der Waals surface area contributed by atoms with E-state index in [-0.39, 0.29) is 12.6 Å². The van der Waals surface area contributed by atoms with Crippen LogP contribution >= 0.6 is 0 Å². The molecular weight excluding hydrogens is 224 g/mol. The van der Waals surface area contributed by atoms with Crippen molar-refractivity contribution < 1.29 is 23.7 Å². The summed E-state index contributed by atoms with van der Waals surface area (Å²) in [7, 11) is 0. The first-order valence-corrected chi connectivity index (χ1v) is 6.20. The fourth-order valence-corrected chi connectivity index (χ4v) is 3.13. The minimum atomic E-state index is -0.425. The van der Waals surface area contributed by atoms with Crippen LogP contribution in [0, 0.1) is 0 Å². The van der Waals surface area contributed by atoms with Gasteiger partial charge >= 0.3 is 0 Å². The van der Waals surface area contributed by atoms with Crippen LogP contribution in [0.1, 0.15) is 12.8 Å². The van der Waals surface area contributed by atoms with Gasteiger partial charge in [0.15, 0.2) is 12.6 Å². The third-order valence-corrected chi connectivity index (χ3v) is 3.98. The first kappa shape index (κ1) is 10.5. The van der Waals surface area contributed by atoms with Crippen LogP contribution in [0.25, 0.3) is 0 Å². The van der Waals surface area contributed by atoms with E-state index in [1.165, 1.54) is 0 Å². The molecule has 5 nitrogen and oxygen atoms in total. The molecule has 2 unspecified atom stereocenters. The lowest BCUT2D eigenvalue weighted by molar-refractivity contribution is -0.224. The van der Waals surface area contributed by atoms with Crippen molar-refractivity contribution >= 4 is 0 Å². The van der Waals surface area contributed by atoms with E-state index < -0.39 is 11.2 Å². The highest BCUT2D eigenvalue weighted by Crippen LogP contribution is 2.51. The van der Waals surface area contributed by atoms with Gasteiger partial charge in [-0.15, -0.1) is 0 Å². The molecule has 0 saturated carbocycles. The summed E-state index contributed by atoms with van der Waals surface area (Å²) in [5.41, 5.74) is -0.850. The van der Waals surface area contributed by atoms with Crippen molar-refractivity contribution in [1.29, 1.82) is 0 Å². The lowest BCUT2D eigenvalue weighted by Gasteiger charge is -2.30. The summed E-state index contributed by atoms with van der Waals surface area (Å²) in [6.07, 6.45) is 5.39. The van der Waals surface area contributed by atoms with Gasteiger partial charge in [0.25, 0.3) is 0 Å². The molecule has 0 aliphatic carbocycles. The molecule has 3 fully saturated rings. The predicted molar refractivity (Wildman–Crippen MR) is 56.3 cm³/mol. The van der Waals surface area contributed by atoms with Crippen LogP contribution in [-0.2, 0) is 23.7 Å². The van der Waals surface area contributed by atoms with E-state index in [1.807, 2.05) is 0 Å². The van der Waals surface area contributed by atoms with Crippen LogP contribution in [0.2, 0.25) is 0 Å². The Morgan fingerprint density at radius 3 is 1.47 bits per heavy atom. The smallest absolute Gasteiger partial charge is 0.190 e. The molecular formula is C12H16O5. The van der Waals surface area contributed by atoms with Crippen molar-refractivity contribution in [3.8, 4) is 0 Å². The van der Waals surface area contributed by atoms with Gasteiger partial charge in [0, 0.05) is 0 Å². The van der Waals surface area contributed by atoms with Gasteiger partial charge in [-0.2, -0.15) is 0 Å². The number of hydrogen-bond donors (Lipinski definition) is 0. The SMILES string of the molecule is C1=CC2(C3OCCO3)CCC1(C1OCCO1)O2. The Hall–Kier alpha value is -0.460. The Labute approximate surface area is 99.6 Å². The second kappa shape index (κ2) is 3.52. The second-order valence-corrected chi connectivity index (χ2v) is 4.99. The zero-order valence-corrected chi connectivity index (χ0v) is 9.59. The van der Waals surface area contributed by atoms with Crippen molar-refractivity contribution in [3.63, 3.8) is 0 Å². The highest BCUT2D eigenvalue weighted by Gasteiger charge is 2.61.